The second-order valence-electron chi connectivity index (χ2n) is 5.06. The van der Waals surface area contributed by atoms with E-state index < -0.39 is 5.54 Å². The summed E-state index contributed by atoms with van der Waals surface area (Å²) in [6, 6.07) is 0.229. The highest BCUT2D eigenvalue weighted by molar-refractivity contribution is 5.84. The molecule has 0 aromatic carbocycles. The maximum atomic E-state index is 11.4. The van der Waals surface area contributed by atoms with Gasteiger partial charge in [-0.25, -0.2) is 0 Å². The maximum Gasteiger partial charge on any atom is 0.237 e. The summed E-state index contributed by atoms with van der Waals surface area (Å²) in [5.74, 6) is -0.316. The number of ether oxygens (including phenoxy) is 1. The zero-order chi connectivity index (χ0) is 13.3. The Kier molecular flexibility index (Phi) is 8.17. The zero-order valence-electron chi connectivity index (χ0n) is 11.7. The van der Waals surface area contributed by atoms with Gasteiger partial charge in [0.1, 0.15) is 0 Å². The summed E-state index contributed by atoms with van der Waals surface area (Å²) in [7, 11) is 0. The van der Waals surface area contributed by atoms with Gasteiger partial charge in [0.15, 0.2) is 0 Å². The third-order valence-electron chi connectivity index (χ3n) is 2.79. The Bertz CT molecular complexity index is 219. The molecule has 0 aliphatic heterocycles. The van der Waals surface area contributed by atoms with Crippen LogP contribution in [0.25, 0.3) is 0 Å². The van der Waals surface area contributed by atoms with Crippen molar-refractivity contribution in [2.75, 3.05) is 13.2 Å². The first-order chi connectivity index (χ1) is 7.92. The van der Waals surface area contributed by atoms with Crippen LogP contribution in [0.3, 0.4) is 0 Å². The highest BCUT2D eigenvalue weighted by Gasteiger charge is 2.30. The second-order valence-corrected chi connectivity index (χ2v) is 5.06. The molecule has 3 N–H and O–H groups in total. The van der Waals surface area contributed by atoms with Crippen LogP contribution in [0.5, 0.6) is 0 Å². The van der Waals surface area contributed by atoms with E-state index in [1.54, 1.807) is 0 Å². The van der Waals surface area contributed by atoms with E-state index in [0.717, 1.165) is 13.0 Å². The van der Waals surface area contributed by atoms with Gasteiger partial charge in [-0.2, -0.15) is 0 Å². The van der Waals surface area contributed by atoms with Gasteiger partial charge < -0.3 is 15.8 Å². The molecule has 4 heteroatoms. The van der Waals surface area contributed by atoms with Gasteiger partial charge in [0.05, 0.1) is 5.54 Å². The van der Waals surface area contributed by atoms with Crippen LogP contribution in [0.4, 0.5) is 0 Å². The topological polar surface area (TPSA) is 64.3 Å². The molecule has 0 aliphatic carbocycles. The molecule has 0 radical (unpaired) electrons. The van der Waals surface area contributed by atoms with Crippen LogP contribution in [0.15, 0.2) is 0 Å². The fourth-order valence-electron chi connectivity index (χ4n) is 1.74. The third-order valence-corrected chi connectivity index (χ3v) is 2.79. The van der Waals surface area contributed by atoms with Gasteiger partial charge in [0, 0.05) is 19.3 Å². The first-order valence-corrected chi connectivity index (χ1v) is 6.57. The van der Waals surface area contributed by atoms with E-state index in [1.165, 1.54) is 12.8 Å². The molecule has 0 aromatic rings. The van der Waals surface area contributed by atoms with Crippen molar-refractivity contribution in [1.29, 1.82) is 0 Å². The van der Waals surface area contributed by atoms with Gasteiger partial charge in [-0.1, -0.05) is 19.8 Å². The summed E-state index contributed by atoms with van der Waals surface area (Å²) in [4.78, 5) is 11.4. The van der Waals surface area contributed by atoms with Crippen LogP contribution < -0.4 is 11.1 Å². The maximum absolute atomic E-state index is 11.4. The molecular weight excluding hydrogens is 216 g/mol. The molecular formula is C13H28N2O2. The molecule has 0 aliphatic rings. The number of rotatable bonds is 10. The molecule has 0 aromatic heterocycles. The van der Waals surface area contributed by atoms with E-state index >= 15 is 0 Å². The summed E-state index contributed by atoms with van der Waals surface area (Å²) in [6.45, 7) is 9.35. The van der Waals surface area contributed by atoms with Crippen molar-refractivity contribution in [1.82, 2.24) is 5.32 Å². The summed E-state index contributed by atoms with van der Waals surface area (Å²) < 4.78 is 5.52. The number of amides is 1. The van der Waals surface area contributed by atoms with Crippen LogP contribution >= 0.6 is 0 Å². The molecule has 4 nitrogen and oxygen atoms in total. The normalized spacial score (nSPS) is 14.9. The lowest BCUT2D eigenvalue weighted by Crippen LogP contribution is -2.56. The predicted octanol–water partition coefficient (Wildman–Crippen LogP) is 1.83. The van der Waals surface area contributed by atoms with E-state index in [0.29, 0.717) is 13.0 Å². The number of unbranched alkanes of at least 4 members (excludes halogenated alkanes) is 2. The molecule has 17 heavy (non-hydrogen) atoms. The number of hydrogen-bond acceptors (Lipinski definition) is 3. The first kappa shape index (κ1) is 16.4. The fraction of sp³-hybridized carbons (Fsp3) is 0.923. The fourth-order valence-corrected chi connectivity index (χ4v) is 1.74. The molecule has 0 saturated heterocycles. The van der Waals surface area contributed by atoms with Crippen molar-refractivity contribution < 1.29 is 9.53 Å². The quantitative estimate of drug-likeness (QED) is 0.576. The molecule has 1 unspecified atom stereocenters. The Hall–Kier alpha value is -0.610. The minimum atomic E-state index is -0.668. The van der Waals surface area contributed by atoms with Crippen LogP contribution in [-0.2, 0) is 9.53 Å². The number of primary amides is 1. The standard InChI is InChI=1S/C13H28N2O2/c1-5-6-7-9-17-10-8-13(4,12(14)16)15-11(2)3/h11,15H,5-10H2,1-4H3,(H2,14,16). The lowest BCUT2D eigenvalue weighted by Gasteiger charge is -2.29. The molecule has 0 saturated carbocycles. The average Bonchev–Trinajstić information content (AvgIpc) is 2.22. The van der Waals surface area contributed by atoms with Crippen molar-refractivity contribution >= 4 is 5.91 Å². The number of nitrogens with two attached hydrogens (primary N) is 1. The van der Waals surface area contributed by atoms with Crippen molar-refractivity contribution in [3.63, 3.8) is 0 Å². The lowest BCUT2D eigenvalue weighted by atomic mass is 9.96. The minimum absolute atomic E-state index is 0.229. The SMILES string of the molecule is CCCCCOCCC(C)(NC(C)C)C(N)=O. The highest BCUT2D eigenvalue weighted by atomic mass is 16.5. The number of hydrogen-bond donors (Lipinski definition) is 2. The summed E-state index contributed by atoms with van der Waals surface area (Å²) in [6.07, 6.45) is 4.09. The van der Waals surface area contributed by atoms with Gasteiger partial charge in [-0.05, 0) is 33.6 Å². The van der Waals surface area contributed by atoms with Crippen molar-refractivity contribution in [3.8, 4) is 0 Å². The number of nitrogens with one attached hydrogen (secondary N) is 1. The Balaban J connectivity index is 3.89. The summed E-state index contributed by atoms with van der Waals surface area (Å²) in [5, 5.41) is 3.20. The zero-order valence-corrected chi connectivity index (χ0v) is 11.7. The largest absolute Gasteiger partial charge is 0.381 e. The Labute approximate surface area is 105 Å². The first-order valence-electron chi connectivity index (χ1n) is 6.57. The smallest absolute Gasteiger partial charge is 0.237 e. The summed E-state index contributed by atoms with van der Waals surface area (Å²) >= 11 is 0. The van der Waals surface area contributed by atoms with Crippen molar-refractivity contribution in [3.05, 3.63) is 0 Å². The van der Waals surface area contributed by atoms with E-state index in [-0.39, 0.29) is 11.9 Å². The average molecular weight is 244 g/mol. The van der Waals surface area contributed by atoms with E-state index in [4.69, 9.17) is 10.5 Å². The molecule has 0 spiro atoms. The Morgan fingerprint density at radius 1 is 1.35 bits per heavy atom. The van der Waals surface area contributed by atoms with Gasteiger partial charge >= 0.3 is 0 Å². The van der Waals surface area contributed by atoms with Crippen LogP contribution in [0.1, 0.15) is 53.4 Å². The van der Waals surface area contributed by atoms with Crippen molar-refractivity contribution in [2.45, 2.75) is 65.0 Å². The monoisotopic (exact) mass is 244 g/mol. The molecule has 0 bridgehead atoms. The minimum Gasteiger partial charge on any atom is -0.381 e. The Morgan fingerprint density at radius 2 is 2.00 bits per heavy atom. The number of carbonyl (C=O) groups is 1. The molecule has 1 atom stereocenters. The molecule has 0 heterocycles. The van der Waals surface area contributed by atoms with Gasteiger partial charge in [0.2, 0.25) is 5.91 Å². The predicted molar refractivity (Wildman–Crippen MR) is 70.8 cm³/mol. The van der Waals surface area contributed by atoms with Crippen LogP contribution in [-0.4, -0.2) is 30.7 Å². The van der Waals surface area contributed by atoms with Crippen LogP contribution in [0.2, 0.25) is 0 Å². The van der Waals surface area contributed by atoms with E-state index in [9.17, 15) is 4.79 Å². The van der Waals surface area contributed by atoms with Crippen molar-refractivity contribution in [2.24, 2.45) is 5.73 Å². The lowest BCUT2D eigenvalue weighted by molar-refractivity contribution is -0.124. The highest BCUT2D eigenvalue weighted by Crippen LogP contribution is 2.10. The molecule has 0 rings (SSSR count). The molecule has 1 amide bonds. The third kappa shape index (κ3) is 7.34. The van der Waals surface area contributed by atoms with E-state index in [1.807, 2.05) is 20.8 Å². The van der Waals surface area contributed by atoms with Crippen LogP contribution in [0, 0.1) is 0 Å². The Morgan fingerprint density at radius 3 is 2.47 bits per heavy atom. The second kappa shape index (κ2) is 8.48. The summed E-state index contributed by atoms with van der Waals surface area (Å²) in [5.41, 5.74) is 4.76. The van der Waals surface area contributed by atoms with Gasteiger partial charge in [0.25, 0.3) is 0 Å². The van der Waals surface area contributed by atoms with Gasteiger partial charge in [-0.3, -0.25) is 4.79 Å². The molecule has 102 valence electrons. The van der Waals surface area contributed by atoms with E-state index in [2.05, 4.69) is 12.2 Å². The number of carbonyl (C=O) groups excluding carboxylic acids is 1. The van der Waals surface area contributed by atoms with Gasteiger partial charge in [-0.15, -0.1) is 0 Å². The molecule has 0 fully saturated rings.